The summed E-state index contributed by atoms with van der Waals surface area (Å²) >= 11 is 0. The zero-order chi connectivity index (χ0) is 21.3. The number of allylic oxidation sites excluding steroid dienone is 1. The number of hydrogen-bond acceptors (Lipinski definition) is 6. The van der Waals surface area contributed by atoms with Crippen molar-refractivity contribution in [2.24, 2.45) is 22.7 Å². The van der Waals surface area contributed by atoms with Crippen LogP contribution in [0.2, 0.25) is 0 Å². The lowest BCUT2D eigenvalue weighted by atomic mass is 9.50. The Kier molecular flexibility index (Phi) is 4.66. The first-order valence-electron chi connectivity index (χ1n) is 11.4. The molecule has 2 N–H and O–H groups in total. The Balaban J connectivity index is 1.58. The second-order valence-corrected chi connectivity index (χ2v) is 10.5. The van der Waals surface area contributed by atoms with Crippen molar-refractivity contribution < 1.29 is 29.2 Å². The predicted octanol–water partition coefficient (Wildman–Crippen LogP) is 3.86. The van der Waals surface area contributed by atoms with Crippen LogP contribution in [0.3, 0.4) is 0 Å². The lowest BCUT2D eigenvalue weighted by molar-refractivity contribution is -0.183. The van der Waals surface area contributed by atoms with Crippen LogP contribution in [-0.2, 0) is 14.2 Å². The Morgan fingerprint density at radius 1 is 1.17 bits per heavy atom. The topological polar surface area (TPSA) is 85.2 Å². The smallest absolute Gasteiger partial charge is 0.438 e. The molecule has 3 fully saturated rings. The van der Waals surface area contributed by atoms with E-state index in [1.54, 1.807) is 0 Å². The van der Waals surface area contributed by atoms with Gasteiger partial charge in [0.2, 0.25) is 0 Å². The number of ether oxygens (including phenoxy) is 3. The van der Waals surface area contributed by atoms with Gasteiger partial charge >= 0.3 is 6.16 Å². The molecule has 0 bridgehead atoms. The number of rotatable bonds is 1. The molecule has 8 atom stereocenters. The maximum absolute atomic E-state index is 12.1. The van der Waals surface area contributed by atoms with Crippen molar-refractivity contribution in [1.29, 1.82) is 0 Å². The van der Waals surface area contributed by atoms with Crippen molar-refractivity contribution in [3.8, 4) is 0 Å². The van der Waals surface area contributed by atoms with Gasteiger partial charge in [0.15, 0.2) is 6.29 Å². The first-order valence-corrected chi connectivity index (χ1v) is 11.4. The van der Waals surface area contributed by atoms with Crippen molar-refractivity contribution in [2.75, 3.05) is 7.11 Å². The standard InChI is InChI=1S/C24H34O6/c1-22-8-4-15(25)12-14(22)13-18(29-21(27)28-3)20-16(22)5-9-23(2)17(20)6-10-24(23)11-7-19(26)30-24/h5,13,15,17-20,25-26H,4,6-12H2,1-3H3/t15-,17?,18+,19?,20+,22-,23-,24?/m0/s1. The summed E-state index contributed by atoms with van der Waals surface area (Å²) in [7, 11) is 1.34. The zero-order valence-corrected chi connectivity index (χ0v) is 18.2. The average Bonchev–Trinajstić information content (AvgIpc) is 3.23. The fourth-order valence-electron chi connectivity index (χ4n) is 7.60. The number of aliphatic hydroxyl groups excluding tert-OH is 2. The number of carbonyl (C=O) groups excluding carboxylic acids is 1. The van der Waals surface area contributed by atoms with Crippen molar-refractivity contribution in [3.05, 3.63) is 23.3 Å². The van der Waals surface area contributed by atoms with Gasteiger partial charge in [-0.25, -0.2) is 4.79 Å². The second kappa shape index (κ2) is 6.81. The molecule has 0 radical (unpaired) electrons. The van der Waals surface area contributed by atoms with E-state index in [0.29, 0.717) is 18.8 Å². The van der Waals surface area contributed by atoms with Gasteiger partial charge in [0, 0.05) is 23.2 Å². The molecule has 1 spiro atoms. The molecule has 4 aliphatic carbocycles. The van der Waals surface area contributed by atoms with Crippen molar-refractivity contribution >= 4 is 6.16 Å². The van der Waals surface area contributed by atoms with E-state index in [4.69, 9.17) is 14.2 Å². The molecule has 30 heavy (non-hydrogen) atoms. The van der Waals surface area contributed by atoms with E-state index in [-0.39, 0.29) is 28.5 Å². The summed E-state index contributed by atoms with van der Waals surface area (Å²) in [4.78, 5) is 12.1. The van der Waals surface area contributed by atoms with Crippen LogP contribution in [0.5, 0.6) is 0 Å². The van der Waals surface area contributed by atoms with E-state index in [9.17, 15) is 15.0 Å². The minimum atomic E-state index is -0.678. The van der Waals surface area contributed by atoms with Crippen LogP contribution in [0.15, 0.2) is 23.3 Å². The Morgan fingerprint density at radius 3 is 2.63 bits per heavy atom. The Labute approximate surface area is 178 Å². The maximum Gasteiger partial charge on any atom is 0.508 e. The summed E-state index contributed by atoms with van der Waals surface area (Å²) in [5, 5.41) is 20.5. The van der Waals surface area contributed by atoms with E-state index < -0.39 is 18.5 Å². The van der Waals surface area contributed by atoms with Crippen LogP contribution < -0.4 is 0 Å². The summed E-state index contributed by atoms with van der Waals surface area (Å²) in [5.74, 6) is 0.381. The molecule has 1 saturated heterocycles. The highest BCUT2D eigenvalue weighted by Crippen LogP contribution is 2.68. The molecule has 3 unspecified atom stereocenters. The average molecular weight is 419 g/mol. The highest BCUT2D eigenvalue weighted by molar-refractivity contribution is 5.60. The van der Waals surface area contributed by atoms with Crippen molar-refractivity contribution in [1.82, 2.24) is 0 Å². The molecule has 5 rings (SSSR count). The lowest BCUT2D eigenvalue weighted by Gasteiger charge is -2.56. The van der Waals surface area contributed by atoms with Crippen LogP contribution in [0.4, 0.5) is 4.79 Å². The van der Waals surface area contributed by atoms with Gasteiger partial charge in [0.05, 0.1) is 18.8 Å². The molecule has 0 aromatic carbocycles. The normalized spacial score (nSPS) is 49.6. The third-order valence-electron chi connectivity index (χ3n) is 9.31. The molecule has 1 aliphatic heterocycles. The number of methoxy groups -OCH3 is 1. The first-order chi connectivity index (χ1) is 14.2. The van der Waals surface area contributed by atoms with E-state index in [0.717, 1.165) is 38.5 Å². The molecule has 5 aliphatic rings. The summed E-state index contributed by atoms with van der Waals surface area (Å²) in [6.07, 6.45) is 9.13. The predicted molar refractivity (Wildman–Crippen MR) is 109 cm³/mol. The van der Waals surface area contributed by atoms with E-state index in [1.165, 1.54) is 18.3 Å². The van der Waals surface area contributed by atoms with Crippen molar-refractivity contribution in [2.45, 2.75) is 89.3 Å². The second-order valence-electron chi connectivity index (χ2n) is 10.5. The Bertz CT molecular complexity index is 804. The molecule has 1 heterocycles. The van der Waals surface area contributed by atoms with Gasteiger partial charge in [-0.15, -0.1) is 0 Å². The number of carbonyl (C=O) groups is 1. The summed E-state index contributed by atoms with van der Waals surface area (Å²) in [6.45, 7) is 4.60. The maximum atomic E-state index is 12.1. The van der Waals surface area contributed by atoms with Gasteiger partial charge in [0.25, 0.3) is 0 Å². The van der Waals surface area contributed by atoms with Crippen LogP contribution in [0, 0.1) is 22.7 Å². The van der Waals surface area contributed by atoms with Crippen LogP contribution >= 0.6 is 0 Å². The first kappa shape index (κ1) is 20.5. The molecule has 2 saturated carbocycles. The monoisotopic (exact) mass is 418 g/mol. The number of fused-ring (bicyclic) bond motifs is 6. The largest absolute Gasteiger partial charge is 0.508 e. The Morgan fingerprint density at radius 2 is 1.93 bits per heavy atom. The molecule has 0 aromatic heterocycles. The minimum Gasteiger partial charge on any atom is -0.438 e. The van der Waals surface area contributed by atoms with E-state index >= 15 is 0 Å². The third-order valence-corrected chi connectivity index (χ3v) is 9.31. The number of aliphatic hydroxyl groups is 2. The van der Waals surface area contributed by atoms with Crippen molar-refractivity contribution in [3.63, 3.8) is 0 Å². The van der Waals surface area contributed by atoms with E-state index in [2.05, 4.69) is 26.0 Å². The fourth-order valence-corrected chi connectivity index (χ4v) is 7.60. The highest BCUT2D eigenvalue weighted by Gasteiger charge is 2.66. The molecule has 166 valence electrons. The Hall–Kier alpha value is -1.37. The molecule has 6 heteroatoms. The van der Waals surface area contributed by atoms with Gasteiger partial charge < -0.3 is 24.4 Å². The fraction of sp³-hybridized carbons (Fsp3) is 0.792. The highest BCUT2D eigenvalue weighted by atomic mass is 16.7. The number of hydrogen-bond donors (Lipinski definition) is 2. The quantitative estimate of drug-likeness (QED) is 0.497. The van der Waals surface area contributed by atoms with Gasteiger partial charge in [-0.1, -0.05) is 31.1 Å². The van der Waals surface area contributed by atoms with Gasteiger partial charge in [0.1, 0.15) is 6.10 Å². The molecular weight excluding hydrogens is 384 g/mol. The van der Waals surface area contributed by atoms with Crippen LogP contribution in [0.1, 0.15) is 65.2 Å². The molecular formula is C24H34O6. The van der Waals surface area contributed by atoms with Gasteiger partial charge in [-0.3, -0.25) is 0 Å². The van der Waals surface area contributed by atoms with Crippen LogP contribution in [0.25, 0.3) is 0 Å². The van der Waals surface area contributed by atoms with Gasteiger partial charge in [-0.05, 0) is 56.9 Å². The molecule has 6 nitrogen and oxygen atoms in total. The zero-order valence-electron chi connectivity index (χ0n) is 18.2. The molecule has 0 amide bonds. The summed E-state index contributed by atoms with van der Waals surface area (Å²) in [5.41, 5.74) is 2.04. The summed E-state index contributed by atoms with van der Waals surface area (Å²) < 4.78 is 16.8. The third kappa shape index (κ3) is 2.69. The SMILES string of the molecule is COC(=O)O[C@@H]1C=C2C[C@@H](O)CC[C@]2(C)C2=CC[C@@]3(C)C(CCC34CCC(O)O4)[C@@H]21. The lowest BCUT2D eigenvalue weighted by Crippen LogP contribution is -2.54. The van der Waals surface area contributed by atoms with Crippen LogP contribution in [-0.4, -0.2) is 47.6 Å². The minimum absolute atomic E-state index is 0.0764. The van der Waals surface area contributed by atoms with Gasteiger partial charge in [-0.2, -0.15) is 0 Å². The summed E-state index contributed by atoms with van der Waals surface area (Å²) in [6, 6.07) is 0. The van der Waals surface area contributed by atoms with E-state index in [1.807, 2.05) is 0 Å². The molecule has 0 aromatic rings.